The summed E-state index contributed by atoms with van der Waals surface area (Å²) in [5.74, 6) is -0.866. The van der Waals surface area contributed by atoms with Crippen LogP contribution < -0.4 is 4.74 Å². The lowest BCUT2D eigenvalue weighted by atomic mass is 10.1. The molecule has 0 aliphatic rings. The van der Waals surface area contributed by atoms with Crippen molar-refractivity contribution in [3.63, 3.8) is 0 Å². The molecule has 0 atom stereocenters. The van der Waals surface area contributed by atoms with Gasteiger partial charge in [-0.2, -0.15) is 0 Å². The summed E-state index contributed by atoms with van der Waals surface area (Å²) in [6, 6.07) is 12.9. The van der Waals surface area contributed by atoms with Crippen molar-refractivity contribution in [1.82, 2.24) is 5.16 Å². The van der Waals surface area contributed by atoms with Crippen LogP contribution in [-0.2, 0) is 16.1 Å². The van der Waals surface area contributed by atoms with Crippen LogP contribution in [0.2, 0.25) is 0 Å². The molecule has 7 heteroatoms. The van der Waals surface area contributed by atoms with Gasteiger partial charge in [-0.05, 0) is 36.4 Å². The maximum Gasteiger partial charge on any atom is 0.344 e. The molecule has 0 saturated carbocycles. The van der Waals surface area contributed by atoms with Crippen LogP contribution in [-0.4, -0.2) is 17.7 Å². The maximum absolute atomic E-state index is 13.7. The van der Waals surface area contributed by atoms with Crippen LogP contribution >= 0.6 is 0 Å². The lowest BCUT2D eigenvalue weighted by molar-refractivity contribution is -0.147. The number of halogens is 2. The normalized spacial score (nSPS) is 10.5. The van der Waals surface area contributed by atoms with Crippen molar-refractivity contribution in [2.24, 2.45) is 0 Å². The summed E-state index contributed by atoms with van der Waals surface area (Å²) in [6.07, 6.45) is 0. The lowest BCUT2D eigenvalue weighted by Crippen LogP contribution is -2.14. The molecule has 2 aromatic carbocycles. The summed E-state index contributed by atoms with van der Waals surface area (Å²) in [7, 11) is 0. The van der Waals surface area contributed by atoms with Gasteiger partial charge in [0.2, 0.25) is 0 Å². The van der Waals surface area contributed by atoms with E-state index in [4.69, 9.17) is 14.0 Å². The average molecular weight is 345 g/mol. The first kappa shape index (κ1) is 16.6. The number of hydrogen-bond acceptors (Lipinski definition) is 5. The lowest BCUT2D eigenvalue weighted by Gasteiger charge is -2.05. The minimum Gasteiger partial charge on any atom is -0.482 e. The van der Waals surface area contributed by atoms with E-state index in [1.54, 1.807) is 18.2 Å². The topological polar surface area (TPSA) is 61.6 Å². The van der Waals surface area contributed by atoms with Crippen LogP contribution in [0.3, 0.4) is 0 Å². The monoisotopic (exact) mass is 345 g/mol. The Morgan fingerprint density at radius 2 is 1.84 bits per heavy atom. The molecule has 0 spiro atoms. The van der Waals surface area contributed by atoms with Crippen molar-refractivity contribution < 1.29 is 27.6 Å². The van der Waals surface area contributed by atoms with Crippen LogP contribution in [0.25, 0.3) is 11.3 Å². The molecule has 5 nitrogen and oxygen atoms in total. The van der Waals surface area contributed by atoms with E-state index in [1.165, 1.54) is 36.4 Å². The summed E-state index contributed by atoms with van der Waals surface area (Å²) in [4.78, 5) is 11.6. The summed E-state index contributed by atoms with van der Waals surface area (Å²) >= 11 is 0. The molecule has 1 aromatic heterocycles. The van der Waals surface area contributed by atoms with Gasteiger partial charge in [-0.15, -0.1) is 0 Å². The number of nitrogens with zero attached hydrogens (tertiary/aromatic N) is 1. The summed E-state index contributed by atoms with van der Waals surface area (Å²) < 4.78 is 41.7. The Kier molecular flexibility index (Phi) is 5.03. The fourth-order valence-electron chi connectivity index (χ4n) is 2.04. The van der Waals surface area contributed by atoms with Crippen molar-refractivity contribution in [3.05, 3.63) is 71.9 Å². The number of carbonyl (C=O) groups excluding carboxylic acids is 1. The predicted octanol–water partition coefficient (Wildman–Crippen LogP) is 3.74. The predicted molar refractivity (Wildman–Crippen MR) is 83.6 cm³/mol. The van der Waals surface area contributed by atoms with E-state index < -0.39 is 17.6 Å². The summed E-state index contributed by atoms with van der Waals surface area (Å²) in [5.41, 5.74) is 0.612. The minimum absolute atomic E-state index is 0.135. The first-order valence-corrected chi connectivity index (χ1v) is 7.36. The van der Waals surface area contributed by atoms with Gasteiger partial charge in [-0.25, -0.2) is 13.6 Å². The Morgan fingerprint density at radius 3 is 2.60 bits per heavy atom. The molecule has 25 heavy (non-hydrogen) atoms. The number of esters is 1. The van der Waals surface area contributed by atoms with Gasteiger partial charge in [-0.1, -0.05) is 17.3 Å². The molecular formula is C18H13F2NO4. The quantitative estimate of drug-likeness (QED) is 0.637. The van der Waals surface area contributed by atoms with Crippen molar-refractivity contribution in [3.8, 4) is 17.1 Å². The third-order valence-corrected chi connectivity index (χ3v) is 3.25. The molecule has 3 rings (SSSR count). The zero-order valence-electron chi connectivity index (χ0n) is 12.9. The third kappa shape index (κ3) is 4.41. The first-order valence-electron chi connectivity index (χ1n) is 7.36. The fourth-order valence-corrected chi connectivity index (χ4v) is 2.04. The van der Waals surface area contributed by atoms with E-state index in [-0.39, 0.29) is 24.5 Å². The highest BCUT2D eigenvalue weighted by molar-refractivity contribution is 5.71. The Morgan fingerprint density at radius 1 is 1.08 bits per heavy atom. The molecule has 0 amide bonds. The van der Waals surface area contributed by atoms with Gasteiger partial charge in [0.1, 0.15) is 29.7 Å². The molecule has 0 unspecified atom stereocenters. The second kappa shape index (κ2) is 7.57. The molecule has 0 aliphatic carbocycles. The minimum atomic E-state index is -0.625. The van der Waals surface area contributed by atoms with E-state index in [0.29, 0.717) is 11.4 Å². The van der Waals surface area contributed by atoms with Gasteiger partial charge in [0.25, 0.3) is 0 Å². The highest BCUT2D eigenvalue weighted by Crippen LogP contribution is 2.23. The van der Waals surface area contributed by atoms with Crippen LogP contribution in [0, 0.1) is 11.6 Å². The van der Waals surface area contributed by atoms with Crippen molar-refractivity contribution >= 4 is 5.97 Å². The fraction of sp³-hybridized carbons (Fsp3) is 0.111. The van der Waals surface area contributed by atoms with E-state index in [9.17, 15) is 13.6 Å². The molecule has 3 aromatic rings. The van der Waals surface area contributed by atoms with Gasteiger partial charge >= 0.3 is 5.97 Å². The number of ether oxygens (including phenoxy) is 2. The Bertz CT molecular complexity index is 862. The number of rotatable bonds is 6. The molecule has 0 saturated heterocycles. The first-order chi connectivity index (χ1) is 12.1. The Balaban J connectivity index is 1.51. The Labute approximate surface area is 141 Å². The van der Waals surface area contributed by atoms with Crippen LogP contribution in [0.5, 0.6) is 5.75 Å². The number of hydrogen-bond donors (Lipinski definition) is 0. The van der Waals surface area contributed by atoms with Gasteiger partial charge in [0.05, 0.1) is 5.56 Å². The van der Waals surface area contributed by atoms with Gasteiger partial charge in [0, 0.05) is 6.07 Å². The highest BCUT2D eigenvalue weighted by Gasteiger charge is 2.12. The van der Waals surface area contributed by atoms with Gasteiger partial charge < -0.3 is 14.0 Å². The van der Waals surface area contributed by atoms with Crippen molar-refractivity contribution in [1.29, 1.82) is 0 Å². The number of benzene rings is 2. The summed E-state index contributed by atoms with van der Waals surface area (Å²) in [6.45, 7) is -0.465. The smallest absolute Gasteiger partial charge is 0.344 e. The second-order valence-electron chi connectivity index (χ2n) is 5.07. The molecule has 0 bridgehead atoms. The van der Waals surface area contributed by atoms with Crippen molar-refractivity contribution in [2.45, 2.75) is 6.61 Å². The number of aromatic nitrogens is 1. The van der Waals surface area contributed by atoms with Crippen LogP contribution in [0.15, 0.2) is 59.1 Å². The zero-order chi connectivity index (χ0) is 17.6. The summed E-state index contributed by atoms with van der Waals surface area (Å²) in [5, 5.41) is 3.73. The second-order valence-corrected chi connectivity index (χ2v) is 5.07. The highest BCUT2D eigenvalue weighted by atomic mass is 19.1. The van der Waals surface area contributed by atoms with Gasteiger partial charge in [-0.3, -0.25) is 0 Å². The SMILES string of the molecule is O=C(COc1ccc(F)cc1)OCc1cc(-c2ccccc2F)on1. The molecule has 128 valence electrons. The Hall–Kier alpha value is -3.22. The van der Waals surface area contributed by atoms with E-state index in [2.05, 4.69) is 5.16 Å². The maximum atomic E-state index is 13.7. The molecule has 0 N–H and O–H groups in total. The van der Waals surface area contributed by atoms with Crippen molar-refractivity contribution in [2.75, 3.05) is 6.61 Å². The standard InChI is InChI=1S/C18H13F2NO4/c19-12-5-7-14(8-6-12)23-11-18(22)24-10-13-9-17(25-21-13)15-3-1-2-4-16(15)20/h1-9H,10-11H2. The van der Waals surface area contributed by atoms with Gasteiger partial charge in [0.15, 0.2) is 12.4 Å². The molecular weight excluding hydrogens is 332 g/mol. The molecule has 1 heterocycles. The number of carbonyl (C=O) groups is 1. The average Bonchev–Trinajstić information content (AvgIpc) is 3.08. The molecule has 0 radical (unpaired) electrons. The largest absolute Gasteiger partial charge is 0.482 e. The third-order valence-electron chi connectivity index (χ3n) is 3.25. The van der Waals surface area contributed by atoms with E-state index in [1.807, 2.05) is 0 Å². The van der Waals surface area contributed by atoms with E-state index >= 15 is 0 Å². The van der Waals surface area contributed by atoms with Crippen LogP contribution in [0.1, 0.15) is 5.69 Å². The van der Waals surface area contributed by atoms with Crippen LogP contribution in [0.4, 0.5) is 8.78 Å². The zero-order valence-corrected chi connectivity index (χ0v) is 12.9. The molecule has 0 fully saturated rings. The van der Waals surface area contributed by atoms with E-state index in [0.717, 1.165) is 0 Å². The molecule has 0 aliphatic heterocycles.